The molecular weight excluding hydrogens is 483 g/mol. The van der Waals surface area contributed by atoms with Crippen molar-refractivity contribution in [2.24, 2.45) is 4.99 Å². The summed E-state index contributed by atoms with van der Waals surface area (Å²) in [5.74, 6) is 0.741. The Kier molecular flexibility index (Phi) is 8.34. The average molecular weight is 518 g/mol. The van der Waals surface area contributed by atoms with Crippen LogP contribution in [0.5, 0.6) is 0 Å². The van der Waals surface area contributed by atoms with Crippen molar-refractivity contribution in [1.29, 1.82) is 0 Å². The molecule has 1 fully saturated rings. The fraction of sp³-hybridized carbons (Fsp3) is 0.290. The minimum Gasteiger partial charge on any atom is -0.350 e. The standard InChI is InChI=1S/C31H35BN6O/c1-8-28(39)36-15-16-38(22(5)19-36)31(33-7)24-18-35-26(29-20(3)11-10-12-25(29)32)17-27(24)37(9-2)30-21(4)13-14-34-23(30)6/h8-14,17-18,22H,1-2,15-16,19H2,3-7H3. The van der Waals surface area contributed by atoms with Crippen LogP contribution in [0.3, 0.4) is 0 Å². The average Bonchev–Trinajstić information content (AvgIpc) is 2.92. The third kappa shape index (κ3) is 5.37. The second-order valence-electron chi connectivity index (χ2n) is 9.82. The molecule has 1 saturated heterocycles. The number of aliphatic imine (C=N–C) groups is 1. The lowest BCUT2D eigenvalue weighted by Gasteiger charge is -2.42. The summed E-state index contributed by atoms with van der Waals surface area (Å²) in [6, 6.07) is 9.96. The van der Waals surface area contributed by atoms with Gasteiger partial charge in [-0.05, 0) is 62.6 Å². The van der Waals surface area contributed by atoms with E-state index < -0.39 is 0 Å². The van der Waals surface area contributed by atoms with E-state index in [9.17, 15) is 4.79 Å². The zero-order valence-electron chi connectivity index (χ0n) is 23.5. The predicted molar refractivity (Wildman–Crippen MR) is 161 cm³/mol. The fourth-order valence-corrected chi connectivity index (χ4v) is 5.36. The molecule has 7 nitrogen and oxygen atoms in total. The number of benzene rings is 1. The van der Waals surface area contributed by atoms with Gasteiger partial charge in [0.1, 0.15) is 13.7 Å². The molecule has 1 aromatic carbocycles. The number of aromatic nitrogens is 2. The zero-order valence-corrected chi connectivity index (χ0v) is 23.5. The van der Waals surface area contributed by atoms with Crippen LogP contribution in [0.25, 0.3) is 11.3 Å². The number of aryl methyl sites for hydroxylation is 3. The smallest absolute Gasteiger partial charge is 0.246 e. The maximum Gasteiger partial charge on any atom is 0.246 e. The van der Waals surface area contributed by atoms with Gasteiger partial charge in [0.2, 0.25) is 5.91 Å². The van der Waals surface area contributed by atoms with E-state index in [4.69, 9.17) is 17.8 Å². The first kappa shape index (κ1) is 27.8. The van der Waals surface area contributed by atoms with Crippen molar-refractivity contribution < 1.29 is 4.79 Å². The van der Waals surface area contributed by atoms with Gasteiger partial charge in [-0.25, -0.2) is 0 Å². The largest absolute Gasteiger partial charge is 0.350 e. The van der Waals surface area contributed by atoms with Crippen molar-refractivity contribution >= 4 is 36.4 Å². The van der Waals surface area contributed by atoms with Crippen LogP contribution >= 0.6 is 0 Å². The number of hydrogen-bond acceptors (Lipinski definition) is 5. The summed E-state index contributed by atoms with van der Waals surface area (Å²) < 4.78 is 0. The molecule has 0 N–H and O–H groups in total. The Morgan fingerprint density at radius 2 is 1.92 bits per heavy atom. The van der Waals surface area contributed by atoms with Gasteiger partial charge in [-0.15, -0.1) is 0 Å². The lowest BCUT2D eigenvalue weighted by atomic mass is 9.86. The number of carbonyl (C=O) groups excluding carboxylic acids is 1. The molecule has 8 heteroatoms. The molecule has 0 bridgehead atoms. The number of piperazine rings is 1. The summed E-state index contributed by atoms with van der Waals surface area (Å²) in [5, 5.41) is 0. The van der Waals surface area contributed by atoms with Gasteiger partial charge in [-0.3, -0.25) is 19.8 Å². The lowest BCUT2D eigenvalue weighted by Crippen LogP contribution is -2.55. The van der Waals surface area contributed by atoms with Gasteiger partial charge in [0.15, 0.2) is 0 Å². The highest BCUT2D eigenvalue weighted by Crippen LogP contribution is 2.36. The number of anilines is 2. The number of carbonyl (C=O) groups is 1. The summed E-state index contributed by atoms with van der Waals surface area (Å²) in [4.78, 5) is 32.6. The van der Waals surface area contributed by atoms with Crippen molar-refractivity contribution in [3.8, 4) is 11.3 Å². The van der Waals surface area contributed by atoms with E-state index in [0.29, 0.717) is 25.1 Å². The highest BCUT2D eigenvalue weighted by atomic mass is 16.2. The summed E-state index contributed by atoms with van der Waals surface area (Å²) in [6.07, 6.45) is 6.85. The molecule has 1 atom stereocenters. The summed E-state index contributed by atoms with van der Waals surface area (Å²) >= 11 is 0. The Hall–Kier alpha value is -4.20. The summed E-state index contributed by atoms with van der Waals surface area (Å²) in [6.45, 7) is 17.8. The van der Waals surface area contributed by atoms with Gasteiger partial charge in [0.05, 0.1) is 28.3 Å². The zero-order chi connectivity index (χ0) is 28.3. The van der Waals surface area contributed by atoms with Crippen molar-refractivity contribution in [3.63, 3.8) is 0 Å². The molecule has 0 spiro atoms. The first-order valence-electron chi connectivity index (χ1n) is 13.1. The van der Waals surface area contributed by atoms with E-state index >= 15 is 0 Å². The normalized spacial score (nSPS) is 15.7. The maximum atomic E-state index is 12.3. The minimum atomic E-state index is -0.0561. The Labute approximate surface area is 233 Å². The molecule has 3 aromatic rings. The first-order valence-corrected chi connectivity index (χ1v) is 13.1. The molecule has 1 unspecified atom stereocenters. The van der Waals surface area contributed by atoms with Gasteiger partial charge >= 0.3 is 0 Å². The molecule has 1 aliphatic rings. The van der Waals surface area contributed by atoms with Crippen LogP contribution in [-0.2, 0) is 4.79 Å². The van der Waals surface area contributed by atoms with Crippen molar-refractivity contribution in [2.75, 3.05) is 31.6 Å². The number of rotatable bonds is 6. The van der Waals surface area contributed by atoms with E-state index in [1.54, 1.807) is 13.2 Å². The van der Waals surface area contributed by atoms with Gasteiger partial charge in [0, 0.05) is 51.3 Å². The van der Waals surface area contributed by atoms with E-state index in [1.807, 2.05) is 55.4 Å². The van der Waals surface area contributed by atoms with Crippen LogP contribution in [0.15, 0.2) is 73.2 Å². The molecule has 39 heavy (non-hydrogen) atoms. The fourth-order valence-electron chi connectivity index (χ4n) is 5.36. The number of amidine groups is 1. The van der Waals surface area contributed by atoms with Gasteiger partial charge in [-0.1, -0.05) is 36.8 Å². The maximum absolute atomic E-state index is 12.3. The highest BCUT2D eigenvalue weighted by Gasteiger charge is 2.31. The van der Waals surface area contributed by atoms with Crippen LogP contribution in [0.4, 0.5) is 11.4 Å². The van der Waals surface area contributed by atoms with Gasteiger partial charge < -0.3 is 14.7 Å². The van der Waals surface area contributed by atoms with Crippen LogP contribution in [0.2, 0.25) is 0 Å². The molecule has 1 aliphatic heterocycles. The number of hydrogen-bond donors (Lipinski definition) is 0. The van der Waals surface area contributed by atoms with Crippen LogP contribution in [0.1, 0.15) is 29.3 Å². The quantitative estimate of drug-likeness (QED) is 0.212. The van der Waals surface area contributed by atoms with Crippen LogP contribution in [-0.4, -0.2) is 72.1 Å². The minimum absolute atomic E-state index is 0.0416. The third-order valence-electron chi connectivity index (χ3n) is 7.27. The molecule has 4 rings (SSSR count). The topological polar surface area (TPSA) is 64.9 Å². The molecule has 1 amide bonds. The molecule has 198 valence electrons. The van der Waals surface area contributed by atoms with E-state index in [1.165, 1.54) is 6.08 Å². The third-order valence-corrected chi connectivity index (χ3v) is 7.27. The Balaban J connectivity index is 1.90. The number of nitrogens with zero attached hydrogens (tertiary/aromatic N) is 6. The van der Waals surface area contributed by atoms with Crippen LogP contribution in [0, 0.1) is 20.8 Å². The van der Waals surface area contributed by atoms with Crippen LogP contribution < -0.4 is 10.4 Å². The highest BCUT2D eigenvalue weighted by molar-refractivity contribution is 6.36. The first-order chi connectivity index (χ1) is 18.7. The molecule has 3 heterocycles. The van der Waals surface area contributed by atoms with Gasteiger partial charge in [-0.2, -0.15) is 0 Å². The predicted octanol–water partition coefficient (Wildman–Crippen LogP) is 4.24. The Morgan fingerprint density at radius 1 is 1.15 bits per heavy atom. The number of pyridine rings is 2. The monoisotopic (exact) mass is 518 g/mol. The van der Waals surface area contributed by atoms with E-state index in [-0.39, 0.29) is 11.9 Å². The van der Waals surface area contributed by atoms with Crippen molar-refractivity contribution in [3.05, 3.63) is 90.5 Å². The van der Waals surface area contributed by atoms with E-state index in [2.05, 4.69) is 47.9 Å². The van der Waals surface area contributed by atoms with Gasteiger partial charge in [0.25, 0.3) is 0 Å². The molecule has 0 saturated carbocycles. The van der Waals surface area contributed by atoms with Crippen molar-refractivity contribution in [1.82, 2.24) is 19.8 Å². The number of amides is 1. The molecule has 2 aromatic heterocycles. The Bertz CT molecular complexity index is 1410. The molecular formula is C31H35BN6O. The summed E-state index contributed by atoms with van der Waals surface area (Å²) in [5.41, 5.74) is 8.00. The summed E-state index contributed by atoms with van der Waals surface area (Å²) in [7, 11) is 8.22. The molecule has 2 radical (unpaired) electrons. The Morgan fingerprint density at radius 3 is 2.54 bits per heavy atom. The lowest BCUT2D eigenvalue weighted by molar-refractivity contribution is -0.128. The SMILES string of the molecule is [B]c1cccc(C)c1-c1cc(N(C=C)c2c(C)ccnc2C)c(C(=NC)N2CCN(C(=O)C=C)CC2C)cn1. The van der Waals surface area contributed by atoms with E-state index in [0.717, 1.165) is 50.9 Å². The second-order valence-corrected chi connectivity index (χ2v) is 9.82. The second kappa shape index (κ2) is 11.7. The van der Waals surface area contributed by atoms with Crippen molar-refractivity contribution in [2.45, 2.75) is 33.7 Å². The molecule has 0 aliphatic carbocycles.